The quantitative estimate of drug-likeness (QED) is 0.756. The molecule has 94 valence electrons. The number of thioether (sulfide) groups is 1. The first kappa shape index (κ1) is 12.8. The monoisotopic (exact) mass is 251 g/mol. The van der Waals surface area contributed by atoms with Gasteiger partial charge in [0, 0.05) is 18.3 Å². The molecule has 1 aromatic rings. The number of aromatic nitrogens is 2. The number of rotatable bonds is 7. The molecule has 1 aliphatic rings. The fourth-order valence-corrected chi connectivity index (χ4v) is 2.44. The fourth-order valence-electron chi connectivity index (χ4n) is 1.70. The van der Waals surface area contributed by atoms with Gasteiger partial charge in [-0.3, -0.25) is 0 Å². The number of aryl methyl sites for hydroxylation is 1. The van der Waals surface area contributed by atoms with Crippen molar-refractivity contribution in [2.24, 2.45) is 0 Å². The van der Waals surface area contributed by atoms with Crippen LogP contribution in [0.2, 0.25) is 0 Å². The van der Waals surface area contributed by atoms with Crippen LogP contribution < -0.4 is 5.32 Å². The number of nitrogens with one attached hydrogen (secondary N) is 1. The van der Waals surface area contributed by atoms with Gasteiger partial charge >= 0.3 is 0 Å². The Balaban J connectivity index is 1.90. The Morgan fingerprint density at radius 1 is 1.41 bits per heavy atom. The minimum Gasteiger partial charge on any atom is -0.308 e. The van der Waals surface area contributed by atoms with Crippen molar-refractivity contribution in [2.75, 3.05) is 5.75 Å². The van der Waals surface area contributed by atoms with E-state index in [0.29, 0.717) is 0 Å². The van der Waals surface area contributed by atoms with E-state index in [1.165, 1.54) is 25.0 Å². The molecule has 0 unspecified atom stereocenters. The number of hydrogen-bond donors (Lipinski definition) is 1. The first-order valence-corrected chi connectivity index (χ1v) is 7.58. The molecule has 0 aromatic carbocycles. The molecular weight excluding hydrogens is 230 g/mol. The molecular formula is C13H21N3S. The Labute approximate surface area is 108 Å². The van der Waals surface area contributed by atoms with Gasteiger partial charge in [-0.15, -0.1) is 0 Å². The second-order valence-electron chi connectivity index (χ2n) is 4.62. The van der Waals surface area contributed by atoms with Gasteiger partial charge in [0.25, 0.3) is 0 Å². The minimum absolute atomic E-state index is 0.739. The standard InChI is InChI=1S/C13H21N3S/c1-3-6-17-9-13-15-10(2)7-12(16-13)8-14-11-4-5-11/h7,11,14H,3-6,8-9H2,1-2H3. The third kappa shape index (κ3) is 4.64. The lowest BCUT2D eigenvalue weighted by Gasteiger charge is -2.06. The van der Waals surface area contributed by atoms with Crippen molar-refractivity contribution >= 4 is 11.8 Å². The highest BCUT2D eigenvalue weighted by Gasteiger charge is 2.20. The smallest absolute Gasteiger partial charge is 0.138 e. The summed E-state index contributed by atoms with van der Waals surface area (Å²) in [6.45, 7) is 5.14. The normalized spacial score (nSPS) is 15.2. The van der Waals surface area contributed by atoms with Gasteiger partial charge in [0.15, 0.2) is 0 Å². The van der Waals surface area contributed by atoms with E-state index in [1.54, 1.807) is 0 Å². The fraction of sp³-hybridized carbons (Fsp3) is 0.692. The average molecular weight is 251 g/mol. The van der Waals surface area contributed by atoms with Crippen LogP contribution >= 0.6 is 11.8 Å². The van der Waals surface area contributed by atoms with Crippen LogP contribution in [-0.2, 0) is 12.3 Å². The van der Waals surface area contributed by atoms with Crippen molar-refractivity contribution in [1.82, 2.24) is 15.3 Å². The molecule has 0 spiro atoms. The van der Waals surface area contributed by atoms with E-state index in [1.807, 2.05) is 11.8 Å². The third-order valence-corrected chi connectivity index (χ3v) is 3.84. The van der Waals surface area contributed by atoms with Crippen LogP contribution in [0.25, 0.3) is 0 Å². The summed E-state index contributed by atoms with van der Waals surface area (Å²) >= 11 is 1.92. The van der Waals surface area contributed by atoms with E-state index in [2.05, 4.69) is 35.2 Å². The summed E-state index contributed by atoms with van der Waals surface area (Å²) in [5.41, 5.74) is 2.22. The van der Waals surface area contributed by atoms with Crippen molar-refractivity contribution in [3.63, 3.8) is 0 Å². The van der Waals surface area contributed by atoms with Crippen LogP contribution in [0.5, 0.6) is 0 Å². The predicted octanol–water partition coefficient (Wildman–Crippen LogP) is 2.68. The second kappa shape index (κ2) is 6.36. The molecule has 0 amide bonds. The maximum Gasteiger partial charge on any atom is 0.138 e. The van der Waals surface area contributed by atoms with E-state index in [9.17, 15) is 0 Å². The molecule has 0 radical (unpaired) electrons. The summed E-state index contributed by atoms with van der Waals surface area (Å²) in [7, 11) is 0. The summed E-state index contributed by atoms with van der Waals surface area (Å²) < 4.78 is 0. The van der Waals surface area contributed by atoms with Crippen molar-refractivity contribution in [3.05, 3.63) is 23.3 Å². The van der Waals surface area contributed by atoms with Gasteiger partial charge in [0.05, 0.1) is 11.4 Å². The maximum atomic E-state index is 4.61. The van der Waals surface area contributed by atoms with Gasteiger partial charge in [-0.05, 0) is 38.0 Å². The van der Waals surface area contributed by atoms with Crippen molar-refractivity contribution in [3.8, 4) is 0 Å². The van der Waals surface area contributed by atoms with Crippen LogP contribution in [0.1, 0.15) is 43.4 Å². The van der Waals surface area contributed by atoms with E-state index in [4.69, 9.17) is 0 Å². The van der Waals surface area contributed by atoms with Crippen molar-refractivity contribution in [1.29, 1.82) is 0 Å². The molecule has 1 heterocycles. The first-order valence-electron chi connectivity index (χ1n) is 6.42. The van der Waals surface area contributed by atoms with Crippen LogP contribution in [0.15, 0.2) is 6.07 Å². The molecule has 0 atom stereocenters. The summed E-state index contributed by atoms with van der Waals surface area (Å²) in [6, 6.07) is 2.83. The molecule has 17 heavy (non-hydrogen) atoms. The topological polar surface area (TPSA) is 37.8 Å². The first-order chi connectivity index (χ1) is 8.28. The van der Waals surface area contributed by atoms with Crippen molar-refractivity contribution in [2.45, 2.75) is 51.4 Å². The molecule has 1 fully saturated rings. The van der Waals surface area contributed by atoms with E-state index >= 15 is 0 Å². The lowest BCUT2D eigenvalue weighted by atomic mass is 10.3. The molecule has 0 bridgehead atoms. The summed E-state index contributed by atoms with van der Waals surface area (Å²) in [6.07, 6.45) is 3.86. The highest BCUT2D eigenvalue weighted by Crippen LogP contribution is 2.19. The number of nitrogens with zero attached hydrogens (tertiary/aromatic N) is 2. The zero-order valence-corrected chi connectivity index (χ0v) is 11.5. The third-order valence-electron chi connectivity index (χ3n) is 2.68. The largest absolute Gasteiger partial charge is 0.308 e. The Morgan fingerprint density at radius 3 is 2.94 bits per heavy atom. The Hall–Kier alpha value is -0.610. The minimum atomic E-state index is 0.739. The second-order valence-corrected chi connectivity index (χ2v) is 5.73. The van der Waals surface area contributed by atoms with Gasteiger partial charge < -0.3 is 5.32 Å². The highest BCUT2D eigenvalue weighted by molar-refractivity contribution is 7.98. The Kier molecular flexibility index (Phi) is 4.80. The molecule has 0 saturated heterocycles. The van der Waals surface area contributed by atoms with Crippen LogP contribution in [0.3, 0.4) is 0 Å². The molecule has 1 aromatic heterocycles. The molecule has 2 rings (SSSR count). The summed E-state index contributed by atoms with van der Waals surface area (Å²) in [5, 5.41) is 3.50. The Morgan fingerprint density at radius 2 is 2.24 bits per heavy atom. The summed E-state index contributed by atoms with van der Waals surface area (Å²) in [4.78, 5) is 9.10. The highest BCUT2D eigenvalue weighted by atomic mass is 32.2. The maximum absolute atomic E-state index is 4.61. The molecule has 1 saturated carbocycles. The zero-order valence-electron chi connectivity index (χ0n) is 10.7. The molecule has 1 N–H and O–H groups in total. The van der Waals surface area contributed by atoms with Crippen molar-refractivity contribution < 1.29 is 0 Å². The molecule has 4 heteroatoms. The lowest BCUT2D eigenvalue weighted by Crippen LogP contribution is -2.17. The zero-order chi connectivity index (χ0) is 12.1. The van der Waals surface area contributed by atoms with E-state index < -0.39 is 0 Å². The van der Waals surface area contributed by atoms with Gasteiger partial charge in [-0.25, -0.2) is 9.97 Å². The number of hydrogen-bond acceptors (Lipinski definition) is 4. The average Bonchev–Trinajstić information content (AvgIpc) is 3.10. The lowest BCUT2D eigenvalue weighted by molar-refractivity contribution is 0.668. The summed E-state index contributed by atoms with van der Waals surface area (Å²) in [5.74, 6) is 3.11. The van der Waals surface area contributed by atoms with Crippen LogP contribution in [0, 0.1) is 6.92 Å². The van der Waals surface area contributed by atoms with Crippen LogP contribution in [0.4, 0.5) is 0 Å². The SMILES string of the molecule is CCCSCc1nc(C)cc(CNC2CC2)n1. The predicted molar refractivity (Wildman–Crippen MR) is 73.1 cm³/mol. The van der Waals surface area contributed by atoms with Gasteiger partial charge in [0.2, 0.25) is 0 Å². The molecule has 1 aliphatic carbocycles. The molecule has 0 aliphatic heterocycles. The van der Waals surface area contributed by atoms with Crippen LogP contribution in [-0.4, -0.2) is 21.8 Å². The van der Waals surface area contributed by atoms with E-state index in [0.717, 1.165) is 35.6 Å². The van der Waals surface area contributed by atoms with Gasteiger partial charge in [0.1, 0.15) is 5.82 Å². The van der Waals surface area contributed by atoms with E-state index in [-0.39, 0.29) is 0 Å². The Bertz CT molecular complexity index is 364. The van der Waals surface area contributed by atoms with Gasteiger partial charge in [-0.1, -0.05) is 6.92 Å². The van der Waals surface area contributed by atoms with Gasteiger partial charge in [-0.2, -0.15) is 11.8 Å². The molecule has 3 nitrogen and oxygen atoms in total.